The van der Waals surface area contributed by atoms with Crippen molar-refractivity contribution in [3.05, 3.63) is 267 Å². The van der Waals surface area contributed by atoms with Gasteiger partial charge in [0, 0.05) is 22.7 Å². The second kappa shape index (κ2) is 25.8. The summed E-state index contributed by atoms with van der Waals surface area (Å²) in [6.45, 7) is 6.07. The van der Waals surface area contributed by atoms with Gasteiger partial charge in [0.2, 0.25) is 0 Å². The van der Waals surface area contributed by atoms with Crippen LogP contribution in [0.15, 0.2) is 212 Å². The van der Waals surface area contributed by atoms with Crippen LogP contribution in [0.2, 0.25) is 10.0 Å². The molecule has 358 valence electrons. The van der Waals surface area contributed by atoms with E-state index in [9.17, 15) is 10.2 Å². The van der Waals surface area contributed by atoms with Crippen LogP contribution in [0.1, 0.15) is 71.3 Å². The van der Waals surface area contributed by atoms with Crippen LogP contribution in [0, 0.1) is 0 Å². The maximum absolute atomic E-state index is 9.24. The number of ether oxygens (including phenoxy) is 1. The number of hydrogen-bond donors (Lipinski definition) is 6. The van der Waals surface area contributed by atoms with Gasteiger partial charge in [-0.1, -0.05) is 187 Å². The monoisotopic (exact) mass is 960 g/mol. The first kappa shape index (κ1) is 53.5. The number of aromatic hydroxyl groups is 2. The van der Waals surface area contributed by atoms with Crippen LogP contribution in [-0.2, 0) is 42.3 Å². The average molecular weight is 962 g/mol. The fourth-order valence-corrected chi connectivity index (χ4v) is 8.04. The zero-order chi connectivity index (χ0) is 49.9. The van der Waals surface area contributed by atoms with Gasteiger partial charge < -0.3 is 37.9 Å². The Kier molecular flexibility index (Phi) is 20.0. The Morgan fingerprint density at radius 2 is 0.826 bits per heavy atom. The molecule has 0 saturated heterocycles. The minimum absolute atomic E-state index is 0.0250. The van der Waals surface area contributed by atoms with E-state index in [0.29, 0.717) is 10.0 Å². The van der Waals surface area contributed by atoms with Crippen LogP contribution in [0.4, 0.5) is 0 Å². The molecule has 8 rings (SSSR count). The second-order valence-electron chi connectivity index (χ2n) is 18.0. The summed E-state index contributed by atoms with van der Waals surface area (Å²) in [5.74, 6) is 1.40. The molecule has 0 aliphatic heterocycles. The molecule has 0 radical (unpaired) electrons. The fraction of sp³-hybridized carbons (Fsp3) is 0.200. The number of rotatable bonds is 13. The van der Waals surface area contributed by atoms with Crippen molar-refractivity contribution in [2.45, 2.75) is 69.1 Å². The Morgan fingerprint density at radius 3 is 1.29 bits per heavy atom. The van der Waals surface area contributed by atoms with Crippen molar-refractivity contribution in [2.75, 3.05) is 7.11 Å². The predicted molar refractivity (Wildman–Crippen MR) is 288 cm³/mol. The topological polar surface area (TPSA) is 154 Å². The van der Waals surface area contributed by atoms with Gasteiger partial charge in [0.25, 0.3) is 0 Å². The van der Waals surface area contributed by atoms with E-state index in [4.69, 9.17) is 50.9 Å². The van der Waals surface area contributed by atoms with Crippen LogP contribution >= 0.6 is 23.2 Å². The highest BCUT2D eigenvalue weighted by molar-refractivity contribution is 6.42. The van der Waals surface area contributed by atoms with Crippen molar-refractivity contribution < 1.29 is 14.9 Å². The normalized spacial score (nSPS) is 13.7. The summed E-state index contributed by atoms with van der Waals surface area (Å²) in [5, 5.41) is 19.5. The lowest BCUT2D eigenvalue weighted by molar-refractivity contribution is 0.410. The zero-order valence-electron chi connectivity index (χ0n) is 40.0. The number of methoxy groups -OCH3 is 1. The van der Waals surface area contributed by atoms with Gasteiger partial charge >= 0.3 is 0 Å². The molecule has 0 aliphatic carbocycles. The molecule has 0 heterocycles. The lowest BCUT2D eigenvalue weighted by Crippen LogP contribution is -2.35. The van der Waals surface area contributed by atoms with E-state index < -0.39 is 16.6 Å². The number of nitrogens with two attached hydrogens (primary N) is 4. The maximum Gasteiger partial charge on any atom is 0.119 e. The number of phenolic OH excluding ortho intramolecular Hbond substituents is 2. The van der Waals surface area contributed by atoms with Gasteiger partial charge in [0.1, 0.15) is 17.2 Å². The molecule has 10 N–H and O–H groups in total. The zero-order valence-corrected chi connectivity index (χ0v) is 41.5. The summed E-state index contributed by atoms with van der Waals surface area (Å²) < 4.78 is 5.24. The van der Waals surface area contributed by atoms with Crippen molar-refractivity contribution in [3.8, 4) is 17.2 Å². The van der Waals surface area contributed by atoms with Crippen LogP contribution in [0.5, 0.6) is 17.2 Å². The Balaban J connectivity index is 0.000000172. The Morgan fingerprint density at radius 1 is 0.435 bits per heavy atom. The molecule has 69 heavy (non-hydrogen) atoms. The first-order chi connectivity index (χ1) is 32.9. The van der Waals surface area contributed by atoms with E-state index in [0.717, 1.165) is 59.3 Å². The van der Waals surface area contributed by atoms with Crippen LogP contribution in [0.3, 0.4) is 0 Å². The standard InChI is InChI=1S/C16H19NO.C15H15Cl2N.C15H17NO.C14H15NO/c1-16(17,12-13-7-4-3-5-8-13)14-9-6-10-15(11-14)18-2;1-15(18,10-11-5-3-2-4-6-11)12-7-8-13(16)14(17)9-12;1-15(16,13-5-3-2-4-6-13)11-12-7-9-14(17)10-8-12;15-14(10-11-4-2-1-3-5-11)12-6-8-13(16)9-7-12/h3-11H,12,17H2,1-2H3;2-9H,10,18H2,1H3;2-10,17H,11,16H2,1H3;1-9,14,16H,10,15H2. The van der Waals surface area contributed by atoms with E-state index in [1.165, 1.54) is 16.7 Å². The lowest BCUT2D eigenvalue weighted by atomic mass is 9.86. The fourth-order valence-electron chi connectivity index (χ4n) is 7.74. The van der Waals surface area contributed by atoms with Gasteiger partial charge in [-0.15, -0.1) is 0 Å². The lowest BCUT2D eigenvalue weighted by Gasteiger charge is -2.26. The SMILES string of the molecule is CC(N)(Cc1ccc(O)cc1)c1ccccc1.CC(N)(Cc1ccccc1)c1ccc(Cl)c(Cl)c1.COc1cccc(C(C)(N)Cc2ccccc2)c1.NC(Cc1ccccc1)c1ccc(O)cc1. The van der Waals surface area contributed by atoms with Gasteiger partial charge in [-0.3, -0.25) is 0 Å². The molecule has 0 spiro atoms. The largest absolute Gasteiger partial charge is 0.508 e. The maximum atomic E-state index is 9.24. The van der Waals surface area contributed by atoms with Crippen molar-refractivity contribution in [1.82, 2.24) is 0 Å². The summed E-state index contributed by atoms with van der Waals surface area (Å²) in [4.78, 5) is 0. The van der Waals surface area contributed by atoms with Crippen molar-refractivity contribution in [2.24, 2.45) is 22.9 Å². The molecule has 4 atom stereocenters. The Hall–Kier alpha value is -6.42. The molecule has 8 aromatic rings. The summed E-state index contributed by atoms with van der Waals surface area (Å²) >= 11 is 12.0. The summed E-state index contributed by atoms with van der Waals surface area (Å²) in [7, 11) is 1.67. The molecule has 9 heteroatoms. The smallest absolute Gasteiger partial charge is 0.119 e. The third kappa shape index (κ3) is 17.6. The first-order valence-corrected chi connectivity index (χ1v) is 23.7. The minimum Gasteiger partial charge on any atom is -0.508 e. The Bertz CT molecular complexity index is 2720. The van der Waals surface area contributed by atoms with Gasteiger partial charge in [0.05, 0.1) is 17.2 Å². The van der Waals surface area contributed by atoms with Crippen molar-refractivity contribution in [1.29, 1.82) is 0 Å². The highest BCUT2D eigenvalue weighted by atomic mass is 35.5. The molecule has 7 nitrogen and oxygen atoms in total. The molecular weight excluding hydrogens is 896 g/mol. The van der Waals surface area contributed by atoms with E-state index in [-0.39, 0.29) is 17.5 Å². The van der Waals surface area contributed by atoms with E-state index >= 15 is 0 Å². The molecular formula is C60H66Cl2N4O3. The third-order valence-corrected chi connectivity index (χ3v) is 12.4. The van der Waals surface area contributed by atoms with E-state index in [1.54, 1.807) is 37.4 Å². The third-order valence-electron chi connectivity index (χ3n) is 11.7. The van der Waals surface area contributed by atoms with Gasteiger partial charge in [0.15, 0.2) is 0 Å². The molecule has 0 fully saturated rings. The number of phenols is 2. The van der Waals surface area contributed by atoms with Gasteiger partial charge in [-0.25, -0.2) is 0 Å². The molecule has 0 aromatic heterocycles. The highest BCUT2D eigenvalue weighted by Gasteiger charge is 2.24. The quantitative estimate of drug-likeness (QED) is 0.0672. The summed E-state index contributed by atoms with van der Waals surface area (Å²) in [6, 6.07) is 68.4. The number of hydrogen-bond acceptors (Lipinski definition) is 7. The van der Waals surface area contributed by atoms with Crippen molar-refractivity contribution >= 4 is 23.2 Å². The number of benzene rings is 8. The minimum atomic E-state index is -0.463. The van der Waals surface area contributed by atoms with E-state index in [2.05, 4.69) is 43.3 Å². The van der Waals surface area contributed by atoms with Gasteiger partial charge in [-0.05, 0) is 139 Å². The second-order valence-corrected chi connectivity index (χ2v) is 18.8. The average Bonchev–Trinajstić information content (AvgIpc) is 3.35. The summed E-state index contributed by atoms with van der Waals surface area (Å²) in [6.07, 6.45) is 3.12. The molecule has 4 unspecified atom stereocenters. The van der Waals surface area contributed by atoms with Crippen molar-refractivity contribution in [3.63, 3.8) is 0 Å². The van der Waals surface area contributed by atoms with Crippen LogP contribution in [0.25, 0.3) is 0 Å². The Labute approximate surface area is 419 Å². The summed E-state index contributed by atoms with van der Waals surface area (Å²) in [5.41, 5.74) is 33.0. The predicted octanol–water partition coefficient (Wildman–Crippen LogP) is 13.0. The van der Waals surface area contributed by atoms with Crippen LogP contribution in [-0.4, -0.2) is 17.3 Å². The molecule has 0 bridgehead atoms. The molecule has 0 saturated carbocycles. The van der Waals surface area contributed by atoms with E-state index in [1.807, 2.05) is 159 Å². The first-order valence-electron chi connectivity index (χ1n) is 22.9. The number of halogens is 2. The molecule has 0 amide bonds. The van der Waals surface area contributed by atoms with Crippen LogP contribution < -0.4 is 27.7 Å². The van der Waals surface area contributed by atoms with Gasteiger partial charge in [-0.2, -0.15) is 0 Å². The molecule has 0 aliphatic rings. The highest BCUT2D eigenvalue weighted by Crippen LogP contribution is 2.30. The molecule has 8 aromatic carbocycles.